The lowest BCUT2D eigenvalue weighted by Gasteiger charge is -2.53. The Morgan fingerprint density at radius 1 is 1.26 bits per heavy atom. The van der Waals surface area contributed by atoms with Gasteiger partial charge in [-0.1, -0.05) is 43.2 Å². The fourth-order valence-electron chi connectivity index (χ4n) is 4.00. The molecule has 0 radical (unpaired) electrons. The first kappa shape index (κ1) is 14.5. The number of nitrogens with two attached hydrogens (primary N) is 1. The van der Waals surface area contributed by atoms with Crippen LogP contribution in [0.25, 0.3) is 0 Å². The van der Waals surface area contributed by atoms with E-state index in [4.69, 9.17) is 5.73 Å². The molecular formula is C17H27NO. The van der Waals surface area contributed by atoms with Gasteiger partial charge in [0.2, 0.25) is 0 Å². The molecule has 0 bridgehead atoms. The van der Waals surface area contributed by atoms with E-state index in [-0.39, 0.29) is 17.6 Å². The van der Waals surface area contributed by atoms with E-state index < -0.39 is 0 Å². The Morgan fingerprint density at radius 3 is 2.53 bits per heavy atom. The zero-order valence-electron chi connectivity index (χ0n) is 12.2. The Hall–Kier alpha value is -0.860. The Morgan fingerprint density at radius 2 is 1.95 bits per heavy atom. The van der Waals surface area contributed by atoms with Crippen LogP contribution in [0.3, 0.4) is 0 Å². The van der Waals surface area contributed by atoms with Crippen LogP contribution in [0, 0.1) is 5.41 Å². The van der Waals surface area contributed by atoms with Gasteiger partial charge in [-0.3, -0.25) is 0 Å². The third-order valence-corrected chi connectivity index (χ3v) is 5.08. The molecule has 2 nitrogen and oxygen atoms in total. The van der Waals surface area contributed by atoms with Crippen LogP contribution >= 0.6 is 0 Å². The molecule has 2 unspecified atom stereocenters. The molecule has 3 N–H and O–H groups in total. The summed E-state index contributed by atoms with van der Waals surface area (Å²) in [7, 11) is 0. The summed E-state index contributed by atoms with van der Waals surface area (Å²) >= 11 is 0. The molecule has 1 aromatic carbocycles. The van der Waals surface area contributed by atoms with E-state index in [9.17, 15) is 5.11 Å². The summed E-state index contributed by atoms with van der Waals surface area (Å²) in [6.07, 6.45) is 5.60. The van der Waals surface area contributed by atoms with Gasteiger partial charge < -0.3 is 10.8 Å². The first-order chi connectivity index (χ1) is 9.01. The normalized spacial score (nSPS) is 28.3. The van der Waals surface area contributed by atoms with Crippen LogP contribution < -0.4 is 5.73 Å². The second kappa shape index (κ2) is 5.64. The van der Waals surface area contributed by atoms with Gasteiger partial charge in [-0.2, -0.15) is 0 Å². The third kappa shape index (κ3) is 2.70. The molecule has 0 aliphatic heterocycles. The van der Waals surface area contributed by atoms with Crippen molar-refractivity contribution >= 4 is 0 Å². The van der Waals surface area contributed by atoms with Crippen molar-refractivity contribution in [1.82, 2.24) is 0 Å². The van der Waals surface area contributed by atoms with Crippen LogP contribution in [0.1, 0.15) is 57.4 Å². The van der Waals surface area contributed by atoms with Crippen molar-refractivity contribution in [3.63, 3.8) is 0 Å². The lowest BCUT2D eigenvalue weighted by molar-refractivity contribution is 0.0320. The van der Waals surface area contributed by atoms with Crippen molar-refractivity contribution in [2.24, 2.45) is 11.1 Å². The lowest BCUT2D eigenvalue weighted by atomic mass is 9.54. The van der Waals surface area contributed by atoms with E-state index >= 15 is 0 Å². The predicted molar refractivity (Wildman–Crippen MR) is 80.1 cm³/mol. The highest BCUT2D eigenvalue weighted by Crippen LogP contribution is 2.54. The van der Waals surface area contributed by atoms with Gasteiger partial charge in [0.1, 0.15) is 0 Å². The molecule has 0 saturated heterocycles. The summed E-state index contributed by atoms with van der Waals surface area (Å²) in [5, 5.41) is 9.56. The molecule has 2 heteroatoms. The maximum Gasteiger partial charge on any atom is 0.0437 e. The van der Waals surface area contributed by atoms with E-state index in [2.05, 4.69) is 44.2 Å². The molecule has 1 aliphatic carbocycles. The van der Waals surface area contributed by atoms with Crippen LogP contribution in [0.15, 0.2) is 30.3 Å². The van der Waals surface area contributed by atoms with Gasteiger partial charge >= 0.3 is 0 Å². The van der Waals surface area contributed by atoms with Gasteiger partial charge in [0.15, 0.2) is 0 Å². The molecule has 0 spiro atoms. The van der Waals surface area contributed by atoms with E-state index in [0.29, 0.717) is 5.92 Å². The summed E-state index contributed by atoms with van der Waals surface area (Å²) in [5.41, 5.74) is 7.68. The monoisotopic (exact) mass is 261 g/mol. The topological polar surface area (TPSA) is 46.2 Å². The van der Waals surface area contributed by atoms with E-state index in [1.807, 2.05) is 0 Å². The Bertz CT molecular complexity index is 391. The molecule has 1 saturated carbocycles. The summed E-state index contributed by atoms with van der Waals surface area (Å²) in [5.74, 6) is 0.467. The number of aliphatic hydroxyl groups excluding tert-OH is 1. The average molecular weight is 261 g/mol. The van der Waals surface area contributed by atoms with Crippen LogP contribution in [-0.2, 0) is 0 Å². The second-order valence-corrected chi connectivity index (χ2v) is 6.56. The first-order valence-electron chi connectivity index (χ1n) is 7.46. The Kier molecular flexibility index (Phi) is 4.32. The zero-order valence-corrected chi connectivity index (χ0v) is 12.2. The SMILES string of the molecule is CC(C)(N)C1(CCO)CCCCC1c1ccccc1. The number of hydrogen-bond donors (Lipinski definition) is 2. The molecule has 0 aromatic heterocycles. The van der Waals surface area contributed by atoms with Crippen molar-refractivity contribution < 1.29 is 5.11 Å². The van der Waals surface area contributed by atoms with Gasteiger partial charge in [0, 0.05) is 12.1 Å². The van der Waals surface area contributed by atoms with Gasteiger partial charge in [-0.15, -0.1) is 0 Å². The highest BCUT2D eigenvalue weighted by Gasteiger charge is 2.49. The quantitative estimate of drug-likeness (QED) is 0.872. The van der Waals surface area contributed by atoms with Crippen LogP contribution in [0.5, 0.6) is 0 Å². The average Bonchev–Trinajstić information content (AvgIpc) is 2.39. The van der Waals surface area contributed by atoms with E-state index in [1.54, 1.807) is 0 Å². The van der Waals surface area contributed by atoms with E-state index in [0.717, 1.165) is 12.8 Å². The van der Waals surface area contributed by atoms with Gasteiger partial charge in [-0.25, -0.2) is 0 Å². The number of aliphatic hydroxyl groups is 1. The maximum atomic E-state index is 9.56. The largest absolute Gasteiger partial charge is 0.396 e. The van der Waals surface area contributed by atoms with Crippen molar-refractivity contribution in [2.45, 2.75) is 57.4 Å². The number of hydrogen-bond acceptors (Lipinski definition) is 2. The minimum absolute atomic E-state index is 0.0152. The van der Waals surface area contributed by atoms with Crippen molar-refractivity contribution in [1.29, 1.82) is 0 Å². The second-order valence-electron chi connectivity index (χ2n) is 6.56. The molecule has 1 aromatic rings. The molecule has 2 rings (SSSR count). The molecule has 0 heterocycles. The minimum atomic E-state index is -0.267. The highest BCUT2D eigenvalue weighted by molar-refractivity contribution is 5.25. The highest BCUT2D eigenvalue weighted by atomic mass is 16.3. The third-order valence-electron chi connectivity index (χ3n) is 5.08. The fraction of sp³-hybridized carbons (Fsp3) is 0.647. The number of rotatable bonds is 4. The molecule has 106 valence electrons. The van der Waals surface area contributed by atoms with Gasteiger partial charge in [-0.05, 0) is 50.0 Å². The van der Waals surface area contributed by atoms with Crippen LogP contribution in [0.4, 0.5) is 0 Å². The molecule has 1 fully saturated rings. The van der Waals surface area contributed by atoms with Crippen LogP contribution in [-0.4, -0.2) is 17.3 Å². The maximum absolute atomic E-state index is 9.56. The summed E-state index contributed by atoms with van der Waals surface area (Å²) in [6, 6.07) is 10.7. The minimum Gasteiger partial charge on any atom is -0.396 e. The number of benzene rings is 1. The van der Waals surface area contributed by atoms with Crippen molar-refractivity contribution in [2.75, 3.05) is 6.61 Å². The Labute approximate surface area is 117 Å². The lowest BCUT2D eigenvalue weighted by Crippen LogP contribution is -2.55. The molecule has 0 amide bonds. The smallest absolute Gasteiger partial charge is 0.0437 e. The van der Waals surface area contributed by atoms with Crippen LogP contribution in [0.2, 0.25) is 0 Å². The summed E-state index contributed by atoms with van der Waals surface area (Å²) < 4.78 is 0. The van der Waals surface area contributed by atoms with Crippen molar-refractivity contribution in [3.8, 4) is 0 Å². The van der Waals surface area contributed by atoms with Gasteiger partial charge in [0.25, 0.3) is 0 Å². The summed E-state index contributed by atoms with van der Waals surface area (Å²) in [4.78, 5) is 0. The standard InChI is InChI=1S/C17H27NO/c1-16(2,18)17(12-13-19)11-7-6-10-15(17)14-8-4-3-5-9-14/h3-5,8-9,15,19H,6-7,10-13,18H2,1-2H3. The molecule has 1 aliphatic rings. The predicted octanol–water partition coefficient (Wildman–Crippen LogP) is 3.45. The molecular weight excluding hydrogens is 234 g/mol. The molecule has 19 heavy (non-hydrogen) atoms. The van der Waals surface area contributed by atoms with E-state index in [1.165, 1.54) is 24.8 Å². The molecule has 2 atom stereocenters. The Balaban J connectivity index is 2.42. The van der Waals surface area contributed by atoms with Crippen molar-refractivity contribution in [3.05, 3.63) is 35.9 Å². The fourth-order valence-corrected chi connectivity index (χ4v) is 4.00. The van der Waals surface area contributed by atoms with Gasteiger partial charge in [0.05, 0.1) is 0 Å². The first-order valence-corrected chi connectivity index (χ1v) is 7.46. The zero-order chi connectivity index (χ0) is 13.9. The summed E-state index contributed by atoms with van der Waals surface area (Å²) in [6.45, 7) is 4.48.